The third-order valence-electron chi connectivity index (χ3n) is 2.67. The Labute approximate surface area is 124 Å². The van der Waals surface area contributed by atoms with Crippen molar-refractivity contribution >= 4 is 17.5 Å². The highest BCUT2D eigenvalue weighted by Gasteiger charge is 2.14. The summed E-state index contributed by atoms with van der Waals surface area (Å²) in [6, 6.07) is 6.97. The van der Waals surface area contributed by atoms with Gasteiger partial charge in [-0.25, -0.2) is 4.79 Å². The van der Waals surface area contributed by atoms with Crippen LogP contribution in [0.3, 0.4) is 0 Å². The van der Waals surface area contributed by atoms with Crippen LogP contribution in [0.4, 0.5) is 0 Å². The lowest BCUT2D eigenvalue weighted by Gasteiger charge is -2.08. The molecule has 0 aliphatic heterocycles. The molecule has 0 saturated carbocycles. The summed E-state index contributed by atoms with van der Waals surface area (Å²) in [5.74, 6) is -0.160. The van der Waals surface area contributed by atoms with Crippen molar-refractivity contribution in [1.29, 1.82) is 0 Å². The van der Waals surface area contributed by atoms with Gasteiger partial charge in [-0.1, -0.05) is 18.2 Å². The molecule has 0 radical (unpaired) electrons. The molecule has 21 heavy (non-hydrogen) atoms. The second kappa shape index (κ2) is 8.79. The van der Waals surface area contributed by atoms with Gasteiger partial charge < -0.3 is 14.2 Å². The molecule has 114 valence electrons. The molecule has 0 atom stereocenters. The summed E-state index contributed by atoms with van der Waals surface area (Å²) in [4.78, 5) is 23.4. The van der Waals surface area contributed by atoms with Gasteiger partial charge in [0.25, 0.3) is 0 Å². The van der Waals surface area contributed by atoms with E-state index in [4.69, 9.17) is 14.2 Å². The lowest BCUT2D eigenvalue weighted by molar-refractivity contribution is -0.142. The quantitative estimate of drug-likeness (QED) is 0.571. The van der Waals surface area contributed by atoms with Crippen LogP contribution in [0.5, 0.6) is 5.75 Å². The Kier molecular flexibility index (Phi) is 7.01. The topological polar surface area (TPSA) is 61.8 Å². The third-order valence-corrected chi connectivity index (χ3v) is 2.67. The first-order chi connectivity index (χ1) is 10.1. The van der Waals surface area contributed by atoms with Gasteiger partial charge in [0.1, 0.15) is 5.75 Å². The molecule has 0 N–H and O–H groups in total. The lowest BCUT2D eigenvalue weighted by atomic mass is 10.0. The Morgan fingerprint density at radius 1 is 1.05 bits per heavy atom. The zero-order valence-corrected chi connectivity index (χ0v) is 12.5. The van der Waals surface area contributed by atoms with E-state index in [0.717, 1.165) is 0 Å². The number of benzene rings is 1. The van der Waals surface area contributed by atoms with E-state index in [1.165, 1.54) is 6.08 Å². The minimum atomic E-state index is -0.466. The van der Waals surface area contributed by atoms with Crippen molar-refractivity contribution in [3.05, 3.63) is 35.9 Å². The standard InChI is InChI=1S/C16H20O5/c1-4-20-15(17)11-10-14(16(18)21-5-2)12-6-8-13(19-3)9-7-12/h6-10H,4-5,11H2,1-3H3/b14-10-. The molecule has 1 aromatic rings. The van der Waals surface area contributed by atoms with Gasteiger partial charge in [-0.05, 0) is 31.5 Å². The molecule has 0 fully saturated rings. The predicted octanol–water partition coefficient (Wildman–Crippen LogP) is 2.59. The number of carbonyl (C=O) groups is 2. The lowest BCUT2D eigenvalue weighted by Crippen LogP contribution is -2.09. The van der Waals surface area contributed by atoms with Crippen molar-refractivity contribution in [2.24, 2.45) is 0 Å². The van der Waals surface area contributed by atoms with E-state index in [2.05, 4.69) is 0 Å². The minimum absolute atomic E-state index is 0.0218. The summed E-state index contributed by atoms with van der Waals surface area (Å²) in [7, 11) is 1.57. The Morgan fingerprint density at radius 3 is 2.19 bits per heavy atom. The van der Waals surface area contributed by atoms with Crippen molar-refractivity contribution in [3.63, 3.8) is 0 Å². The highest BCUT2D eigenvalue weighted by Crippen LogP contribution is 2.20. The Balaban J connectivity index is 2.97. The van der Waals surface area contributed by atoms with Crippen molar-refractivity contribution in [2.45, 2.75) is 20.3 Å². The SMILES string of the molecule is CCOC(=O)C/C=C(\C(=O)OCC)c1ccc(OC)cc1. The van der Waals surface area contributed by atoms with Crippen molar-refractivity contribution in [2.75, 3.05) is 20.3 Å². The first-order valence-electron chi connectivity index (χ1n) is 6.79. The van der Waals surface area contributed by atoms with Crippen LogP contribution < -0.4 is 4.74 Å². The Morgan fingerprint density at radius 2 is 1.67 bits per heavy atom. The van der Waals surface area contributed by atoms with Gasteiger partial charge in [-0.3, -0.25) is 4.79 Å². The molecule has 1 aromatic carbocycles. The predicted molar refractivity (Wildman–Crippen MR) is 78.9 cm³/mol. The van der Waals surface area contributed by atoms with Gasteiger partial charge in [-0.2, -0.15) is 0 Å². The molecular formula is C16H20O5. The van der Waals surface area contributed by atoms with Gasteiger partial charge in [0.05, 0.1) is 32.3 Å². The summed E-state index contributed by atoms with van der Waals surface area (Å²) in [5, 5.41) is 0. The van der Waals surface area contributed by atoms with E-state index < -0.39 is 5.97 Å². The molecule has 0 aromatic heterocycles. The van der Waals surface area contributed by atoms with Crippen LogP contribution in [0.1, 0.15) is 25.8 Å². The number of methoxy groups -OCH3 is 1. The molecule has 5 heteroatoms. The van der Waals surface area contributed by atoms with E-state index in [1.807, 2.05) is 0 Å². The fourth-order valence-electron chi connectivity index (χ4n) is 1.70. The minimum Gasteiger partial charge on any atom is -0.497 e. The number of esters is 2. The third kappa shape index (κ3) is 5.30. The first-order valence-corrected chi connectivity index (χ1v) is 6.79. The van der Waals surface area contributed by atoms with Gasteiger partial charge in [-0.15, -0.1) is 0 Å². The molecule has 0 aliphatic carbocycles. The van der Waals surface area contributed by atoms with Crippen LogP contribution in [-0.4, -0.2) is 32.3 Å². The molecule has 0 unspecified atom stereocenters. The average Bonchev–Trinajstić information content (AvgIpc) is 2.48. The second-order valence-corrected chi connectivity index (χ2v) is 4.08. The van der Waals surface area contributed by atoms with Crippen LogP contribution in [0.2, 0.25) is 0 Å². The van der Waals surface area contributed by atoms with Crippen molar-refractivity contribution in [1.82, 2.24) is 0 Å². The molecular weight excluding hydrogens is 272 g/mol. The molecule has 0 aliphatic rings. The highest BCUT2D eigenvalue weighted by atomic mass is 16.5. The maximum Gasteiger partial charge on any atom is 0.338 e. The van der Waals surface area contributed by atoms with Gasteiger partial charge >= 0.3 is 11.9 Å². The summed E-state index contributed by atoms with van der Waals surface area (Å²) >= 11 is 0. The molecule has 0 saturated heterocycles. The summed E-state index contributed by atoms with van der Waals surface area (Å²) < 4.78 is 14.9. The summed E-state index contributed by atoms with van der Waals surface area (Å²) in [5.41, 5.74) is 1.01. The largest absolute Gasteiger partial charge is 0.497 e. The number of hydrogen-bond donors (Lipinski definition) is 0. The fourth-order valence-corrected chi connectivity index (χ4v) is 1.70. The van der Waals surface area contributed by atoms with Crippen molar-refractivity contribution < 1.29 is 23.8 Å². The maximum absolute atomic E-state index is 12.0. The number of hydrogen-bond acceptors (Lipinski definition) is 5. The zero-order valence-electron chi connectivity index (χ0n) is 12.5. The van der Waals surface area contributed by atoms with Crippen LogP contribution >= 0.6 is 0 Å². The smallest absolute Gasteiger partial charge is 0.338 e. The summed E-state index contributed by atoms with van der Waals surface area (Å²) in [6.07, 6.45) is 1.55. The monoisotopic (exact) mass is 292 g/mol. The number of rotatable bonds is 7. The highest BCUT2D eigenvalue weighted by molar-refractivity contribution is 6.16. The van der Waals surface area contributed by atoms with Gasteiger partial charge in [0.15, 0.2) is 0 Å². The van der Waals surface area contributed by atoms with Gasteiger partial charge in [0, 0.05) is 0 Å². The van der Waals surface area contributed by atoms with Crippen LogP contribution in [0.25, 0.3) is 5.57 Å². The van der Waals surface area contributed by atoms with Gasteiger partial charge in [0.2, 0.25) is 0 Å². The molecule has 0 heterocycles. The van der Waals surface area contributed by atoms with E-state index >= 15 is 0 Å². The van der Waals surface area contributed by atoms with Crippen molar-refractivity contribution in [3.8, 4) is 5.75 Å². The molecule has 1 rings (SSSR count). The number of ether oxygens (including phenoxy) is 3. The van der Waals surface area contributed by atoms with E-state index in [0.29, 0.717) is 23.5 Å². The first kappa shape index (κ1) is 16.8. The van der Waals surface area contributed by atoms with E-state index in [-0.39, 0.29) is 19.0 Å². The zero-order chi connectivity index (χ0) is 15.7. The van der Waals surface area contributed by atoms with Crippen LogP contribution in [0.15, 0.2) is 30.3 Å². The summed E-state index contributed by atoms with van der Waals surface area (Å²) in [6.45, 7) is 4.04. The van der Waals surface area contributed by atoms with E-state index in [9.17, 15) is 9.59 Å². The number of carbonyl (C=O) groups excluding carboxylic acids is 2. The van der Waals surface area contributed by atoms with Crippen LogP contribution in [0, 0.1) is 0 Å². The average molecular weight is 292 g/mol. The van der Waals surface area contributed by atoms with Crippen LogP contribution in [-0.2, 0) is 19.1 Å². The fraction of sp³-hybridized carbons (Fsp3) is 0.375. The molecule has 0 spiro atoms. The second-order valence-electron chi connectivity index (χ2n) is 4.08. The maximum atomic E-state index is 12.0. The molecule has 0 bridgehead atoms. The van der Waals surface area contributed by atoms with E-state index in [1.54, 1.807) is 45.2 Å². The molecule has 5 nitrogen and oxygen atoms in total. The molecule has 0 amide bonds. The Bertz CT molecular complexity index is 502. The normalized spacial score (nSPS) is 10.9. The Hall–Kier alpha value is -2.30.